The van der Waals surface area contributed by atoms with Gasteiger partial charge >= 0.3 is 0 Å². The second-order valence-corrected chi connectivity index (χ2v) is 7.26. The van der Waals surface area contributed by atoms with Crippen LogP contribution >= 0.6 is 11.3 Å². The van der Waals surface area contributed by atoms with Gasteiger partial charge in [0.25, 0.3) is 0 Å². The zero-order chi connectivity index (χ0) is 15.7. The number of rotatable bonds is 3. The fourth-order valence-corrected chi connectivity index (χ4v) is 3.88. The van der Waals surface area contributed by atoms with Gasteiger partial charge in [-0.2, -0.15) is 0 Å². The molecule has 0 aliphatic heterocycles. The predicted octanol–water partition coefficient (Wildman–Crippen LogP) is 3.26. The molecule has 0 saturated carbocycles. The third-order valence-electron chi connectivity index (χ3n) is 4.07. The van der Waals surface area contributed by atoms with Gasteiger partial charge in [-0.1, -0.05) is 0 Å². The Hall–Kier alpha value is -1.88. The predicted molar refractivity (Wildman–Crippen MR) is 91.8 cm³/mol. The van der Waals surface area contributed by atoms with Gasteiger partial charge in [-0.25, -0.2) is 4.98 Å². The fourth-order valence-electron chi connectivity index (χ4n) is 2.82. The quantitative estimate of drug-likeness (QED) is 0.945. The van der Waals surface area contributed by atoms with Crippen LogP contribution in [0.1, 0.15) is 22.0 Å². The van der Waals surface area contributed by atoms with Gasteiger partial charge in [0, 0.05) is 36.3 Å². The van der Waals surface area contributed by atoms with E-state index in [-0.39, 0.29) is 11.8 Å². The summed E-state index contributed by atoms with van der Waals surface area (Å²) >= 11 is 1.73. The number of benzene rings is 1. The average Bonchev–Trinajstić information content (AvgIpc) is 2.86. The van der Waals surface area contributed by atoms with E-state index in [1.54, 1.807) is 11.3 Å². The molecule has 0 fully saturated rings. The van der Waals surface area contributed by atoms with Crippen LogP contribution in [0.3, 0.4) is 0 Å². The molecular weight excluding hydrogens is 294 g/mol. The molecule has 1 unspecified atom stereocenters. The lowest BCUT2D eigenvalue weighted by atomic mass is 9.90. The van der Waals surface area contributed by atoms with Crippen LogP contribution in [-0.4, -0.2) is 25.0 Å². The number of anilines is 2. The van der Waals surface area contributed by atoms with Crippen molar-refractivity contribution in [2.75, 3.05) is 24.3 Å². The minimum atomic E-state index is 0.0564. The van der Waals surface area contributed by atoms with E-state index in [0.717, 1.165) is 35.6 Å². The van der Waals surface area contributed by atoms with Gasteiger partial charge in [0.05, 0.1) is 10.7 Å². The maximum absolute atomic E-state index is 12.5. The summed E-state index contributed by atoms with van der Waals surface area (Å²) in [6.45, 7) is 2.03. The zero-order valence-corrected chi connectivity index (χ0v) is 14.0. The summed E-state index contributed by atoms with van der Waals surface area (Å²) in [5.74, 6) is 0.176. The highest BCUT2D eigenvalue weighted by Crippen LogP contribution is 2.30. The second kappa shape index (κ2) is 6.08. The van der Waals surface area contributed by atoms with Crippen molar-refractivity contribution in [1.82, 2.24) is 4.98 Å². The third-order valence-corrected chi connectivity index (χ3v) is 5.10. The Balaban J connectivity index is 1.65. The van der Waals surface area contributed by atoms with Crippen molar-refractivity contribution in [3.05, 3.63) is 39.8 Å². The normalized spacial score (nSPS) is 17.0. The molecule has 1 heterocycles. The van der Waals surface area contributed by atoms with Crippen LogP contribution in [0.15, 0.2) is 24.3 Å². The number of aryl methyl sites for hydroxylation is 2. The molecule has 4 nitrogen and oxygen atoms in total. The molecule has 1 amide bonds. The highest BCUT2D eigenvalue weighted by molar-refractivity contribution is 7.11. The third kappa shape index (κ3) is 3.14. The van der Waals surface area contributed by atoms with Gasteiger partial charge in [-0.15, -0.1) is 11.3 Å². The SMILES string of the molecule is Cc1nc2c(s1)CC(C(=O)Nc1ccc(N(C)C)cc1)CC2. The van der Waals surface area contributed by atoms with Crippen LogP contribution in [0.5, 0.6) is 0 Å². The van der Waals surface area contributed by atoms with E-state index >= 15 is 0 Å². The van der Waals surface area contributed by atoms with Gasteiger partial charge in [-0.05, 0) is 50.5 Å². The summed E-state index contributed by atoms with van der Waals surface area (Å²) in [6, 6.07) is 7.94. The maximum atomic E-state index is 12.5. The van der Waals surface area contributed by atoms with Gasteiger partial charge < -0.3 is 10.2 Å². The van der Waals surface area contributed by atoms with Crippen molar-refractivity contribution >= 4 is 28.6 Å². The van der Waals surface area contributed by atoms with Gasteiger partial charge in [0.1, 0.15) is 0 Å². The van der Waals surface area contributed by atoms with E-state index < -0.39 is 0 Å². The van der Waals surface area contributed by atoms with Gasteiger partial charge in [-0.3, -0.25) is 4.79 Å². The van der Waals surface area contributed by atoms with E-state index in [0.29, 0.717) is 0 Å². The summed E-state index contributed by atoms with van der Waals surface area (Å²) in [4.78, 5) is 20.3. The topological polar surface area (TPSA) is 45.2 Å². The number of hydrogen-bond donors (Lipinski definition) is 1. The molecule has 0 spiro atoms. The lowest BCUT2D eigenvalue weighted by molar-refractivity contribution is -0.120. The number of hydrogen-bond acceptors (Lipinski definition) is 4. The molecule has 1 aliphatic rings. The molecule has 22 heavy (non-hydrogen) atoms. The standard InChI is InChI=1S/C17H21N3OS/c1-11-18-15-9-4-12(10-16(15)22-11)17(21)19-13-5-7-14(8-6-13)20(2)3/h5-8,12H,4,9-10H2,1-3H3,(H,19,21). The Morgan fingerprint density at radius 3 is 2.73 bits per heavy atom. The molecule has 3 rings (SSSR count). The van der Waals surface area contributed by atoms with Crippen molar-refractivity contribution in [3.63, 3.8) is 0 Å². The van der Waals surface area contributed by atoms with Crippen LogP contribution in [0.2, 0.25) is 0 Å². The molecule has 0 saturated heterocycles. The molecule has 1 atom stereocenters. The van der Waals surface area contributed by atoms with E-state index in [1.807, 2.05) is 50.2 Å². The van der Waals surface area contributed by atoms with E-state index in [9.17, 15) is 4.79 Å². The Kier molecular flexibility index (Phi) is 4.16. The minimum Gasteiger partial charge on any atom is -0.378 e. The molecule has 1 aliphatic carbocycles. The molecule has 0 radical (unpaired) electrons. The summed E-state index contributed by atoms with van der Waals surface area (Å²) in [6.07, 6.45) is 2.62. The lowest BCUT2D eigenvalue weighted by Crippen LogP contribution is -2.27. The minimum absolute atomic E-state index is 0.0564. The molecule has 1 aromatic heterocycles. The molecule has 5 heteroatoms. The van der Waals surface area contributed by atoms with Gasteiger partial charge in [0.2, 0.25) is 5.91 Å². The summed E-state index contributed by atoms with van der Waals surface area (Å²) < 4.78 is 0. The maximum Gasteiger partial charge on any atom is 0.227 e. The fraction of sp³-hybridized carbons (Fsp3) is 0.412. The number of fused-ring (bicyclic) bond motifs is 1. The number of carbonyl (C=O) groups is 1. The van der Waals surface area contributed by atoms with Crippen LogP contribution in [-0.2, 0) is 17.6 Å². The summed E-state index contributed by atoms with van der Waals surface area (Å²) in [5.41, 5.74) is 3.18. The van der Waals surface area contributed by atoms with E-state index in [2.05, 4.69) is 10.3 Å². The molecule has 1 N–H and O–H groups in total. The molecule has 116 valence electrons. The van der Waals surface area contributed by atoms with E-state index in [1.165, 1.54) is 10.6 Å². The Bertz CT molecular complexity index is 676. The highest BCUT2D eigenvalue weighted by atomic mass is 32.1. The Morgan fingerprint density at radius 2 is 2.05 bits per heavy atom. The number of nitrogens with one attached hydrogen (secondary N) is 1. The first-order chi connectivity index (χ1) is 10.5. The monoisotopic (exact) mass is 315 g/mol. The number of amides is 1. The second-order valence-electron chi connectivity index (χ2n) is 5.97. The number of carbonyl (C=O) groups excluding carboxylic acids is 1. The van der Waals surface area contributed by atoms with Crippen LogP contribution in [0.4, 0.5) is 11.4 Å². The van der Waals surface area contributed by atoms with Crippen molar-refractivity contribution < 1.29 is 4.79 Å². The average molecular weight is 315 g/mol. The summed E-state index contributed by atoms with van der Waals surface area (Å²) in [7, 11) is 4.01. The van der Waals surface area contributed by atoms with Crippen LogP contribution in [0, 0.1) is 12.8 Å². The van der Waals surface area contributed by atoms with Crippen molar-refractivity contribution in [1.29, 1.82) is 0 Å². The van der Waals surface area contributed by atoms with Crippen molar-refractivity contribution in [3.8, 4) is 0 Å². The molecule has 1 aromatic carbocycles. The summed E-state index contributed by atoms with van der Waals surface area (Å²) in [5, 5.41) is 4.14. The number of nitrogens with zero attached hydrogens (tertiary/aromatic N) is 2. The lowest BCUT2D eigenvalue weighted by Gasteiger charge is -2.20. The first kappa shape index (κ1) is 15.0. The van der Waals surface area contributed by atoms with Crippen molar-refractivity contribution in [2.24, 2.45) is 5.92 Å². The smallest absolute Gasteiger partial charge is 0.227 e. The van der Waals surface area contributed by atoms with Crippen molar-refractivity contribution in [2.45, 2.75) is 26.2 Å². The van der Waals surface area contributed by atoms with Gasteiger partial charge in [0.15, 0.2) is 0 Å². The Labute approximate surface area is 135 Å². The number of aromatic nitrogens is 1. The largest absolute Gasteiger partial charge is 0.378 e. The van der Waals surface area contributed by atoms with Crippen LogP contribution < -0.4 is 10.2 Å². The molecular formula is C17H21N3OS. The Morgan fingerprint density at radius 1 is 1.32 bits per heavy atom. The molecule has 2 aromatic rings. The first-order valence-electron chi connectivity index (χ1n) is 7.56. The number of thiazole rings is 1. The van der Waals surface area contributed by atoms with E-state index in [4.69, 9.17) is 0 Å². The first-order valence-corrected chi connectivity index (χ1v) is 8.38. The van der Waals surface area contributed by atoms with Crippen LogP contribution in [0.25, 0.3) is 0 Å². The zero-order valence-electron chi connectivity index (χ0n) is 13.2. The highest BCUT2D eigenvalue weighted by Gasteiger charge is 2.27. The molecule has 0 bridgehead atoms.